The summed E-state index contributed by atoms with van der Waals surface area (Å²) in [4.78, 5) is 38.2. The van der Waals surface area contributed by atoms with Crippen LogP contribution in [-0.4, -0.2) is 30.9 Å². The molecule has 1 atom stereocenters. The fourth-order valence-electron chi connectivity index (χ4n) is 3.22. The smallest absolute Gasteiger partial charge is 0.311 e. The normalized spacial score (nSPS) is 16.2. The maximum Gasteiger partial charge on any atom is 0.311 e. The maximum absolute atomic E-state index is 12.4. The number of halogens is 1. The van der Waals surface area contributed by atoms with Crippen LogP contribution in [0.3, 0.4) is 0 Å². The lowest BCUT2D eigenvalue weighted by atomic mass is 10.1. The van der Waals surface area contributed by atoms with E-state index in [1.54, 1.807) is 29.2 Å². The average Bonchev–Trinajstić information content (AvgIpc) is 3.01. The number of amides is 2. The van der Waals surface area contributed by atoms with Crippen molar-refractivity contribution >= 4 is 40.8 Å². The van der Waals surface area contributed by atoms with E-state index in [9.17, 15) is 14.4 Å². The van der Waals surface area contributed by atoms with E-state index in [1.807, 2.05) is 32.0 Å². The molecule has 7 heteroatoms. The number of nitrogens with one attached hydrogen (secondary N) is 1. The topological polar surface area (TPSA) is 75.7 Å². The molecule has 1 saturated heterocycles. The summed E-state index contributed by atoms with van der Waals surface area (Å²) in [6.45, 7) is 3.75. The van der Waals surface area contributed by atoms with Gasteiger partial charge in [0.25, 0.3) is 5.91 Å². The molecule has 0 unspecified atom stereocenters. The first-order valence-electron chi connectivity index (χ1n) is 8.93. The number of anilines is 2. The van der Waals surface area contributed by atoms with Gasteiger partial charge in [0, 0.05) is 29.4 Å². The Balaban J connectivity index is 1.55. The number of rotatable bonds is 5. The van der Waals surface area contributed by atoms with Crippen molar-refractivity contribution in [2.75, 3.05) is 23.4 Å². The Bertz CT molecular complexity index is 928. The van der Waals surface area contributed by atoms with Crippen molar-refractivity contribution in [1.29, 1.82) is 0 Å². The highest BCUT2D eigenvalue weighted by atomic mass is 35.5. The molecule has 28 heavy (non-hydrogen) atoms. The Morgan fingerprint density at radius 3 is 2.71 bits per heavy atom. The van der Waals surface area contributed by atoms with Crippen molar-refractivity contribution in [3.8, 4) is 0 Å². The zero-order valence-electron chi connectivity index (χ0n) is 15.7. The van der Waals surface area contributed by atoms with Gasteiger partial charge < -0.3 is 15.0 Å². The monoisotopic (exact) mass is 400 g/mol. The van der Waals surface area contributed by atoms with Crippen LogP contribution in [0.1, 0.15) is 17.5 Å². The van der Waals surface area contributed by atoms with Gasteiger partial charge in [0.1, 0.15) is 0 Å². The number of nitrogens with zero attached hydrogens (tertiary/aromatic N) is 1. The molecule has 1 heterocycles. The quantitative estimate of drug-likeness (QED) is 0.779. The van der Waals surface area contributed by atoms with Crippen molar-refractivity contribution in [3.05, 3.63) is 58.6 Å². The Hall–Kier alpha value is -2.86. The SMILES string of the molecule is Cc1ccc(N2C[C@@H](C(=O)OCC(=O)Nc3cccc(Cl)c3)CC2=O)c(C)c1. The highest BCUT2D eigenvalue weighted by Gasteiger charge is 2.36. The molecule has 6 nitrogen and oxygen atoms in total. The number of ether oxygens (including phenoxy) is 1. The molecule has 2 aromatic rings. The third kappa shape index (κ3) is 4.70. The summed E-state index contributed by atoms with van der Waals surface area (Å²) < 4.78 is 5.11. The van der Waals surface area contributed by atoms with Gasteiger partial charge in [0.05, 0.1) is 5.92 Å². The summed E-state index contributed by atoms with van der Waals surface area (Å²) in [5.41, 5.74) is 3.40. The predicted molar refractivity (Wildman–Crippen MR) is 107 cm³/mol. The lowest BCUT2D eigenvalue weighted by molar-refractivity contribution is -0.151. The van der Waals surface area contributed by atoms with Gasteiger partial charge in [-0.25, -0.2) is 0 Å². The summed E-state index contributed by atoms with van der Waals surface area (Å²) in [5.74, 6) is -1.74. The van der Waals surface area contributed by atoms with Gasteiger partial charge in [-0.2, -0.15) is 0 Å². The van der Waals surface area contributed by atoms with Crippen LogP contribution in [-0.2, 0) is 19.1 Å². The van der Waals surface area contributed by atoms with E-state index in [0.29, 0.717) is 10.7 Å². The minimum atomic E-state index is -0.591. The van der Waals surface area contributed by atoms with E-state index in [-0.39, 0.29) is 18.9 Å². The predicted octanol–water partition coefficient (Wildman–Crippen LogP) is 3.49. The third-order valence-electron chi connectivity index (χ3n) is 4.56. The van der Waals surface area contributed by atoms with Crippen LogP contribution in [0.5, 0.6) is 0 Å². The number of aryl methyl sites for hydroxylation is 2. The first kappa shape index (κ1) is 19.9. The summed E-state index contributed by atoms with van der Waals surface area (Å²) in [6.07, 6.45) is 0.0715. The van der Waals surface area contributed by atoms with Crippen LogP contribution in [0, 0.1) is 19.8 Å². The van der Waals surface area contributed by atoms with Crippen LogP contribution in [0.25, 0.3) is 0 Å². The van der Waals surface area contributed by atoms with Gasteiger partial charge >= 0.3 is 5.97 Å². The van der Waals surface area contributed by atoms with Crippen LogP contribution >= 0.6 is 11.6 Å². The standard InChI is InChI=1S/C21H21ClN2O4/c1-13-6-7-18(14(2)8-13)24-11-15(9-20(24)26)21(27)28-12-19(25)23-17-5-3-4-16(22)10-17/h3-8,10,15H,9,11-12H2,1-2H3,(H,23,25)/t15-/m0/s1. The Morgan fingerprint density at radius 2 is 2.00 bits per heavy atom. The van der Waals surface area contributed by atoms with E-state index in [1.165, 1.54) is 0 Å². The molecule has 1 aliphatic heterocycles. The molecule has 0 saturated carbocycles. The largest absolute Gasteiger partial charge is 0.455 e. The second-order valence-electron chi connectivity index (χ2n) is 6.86. The molecule has 1 fully saturated rings. The molecule has 2 aromatic carbocycles. The number of carbonyl (C=O) groups is 3. The maximum atomic E-state index is 12.4. The van der Waals surface area contributed by atoms with Gasteiger partial charge in [-0.3, -0.25) is 14.4 Å². The van der Waals surface area contributed by atoms with Gasteiger partial charge in [-0.05, 0) is 43.7 Å². The van der Waals surface area contributed by atoms with Crippen LogP contribution in [0.4, 0.5) is 11.4 Å². The number of benzene rings is 2. The van der Waals surface area contributed by atoms with Crippen molar-refractivity contribution in [1.82, 2.24) is 0 Å². The summed E-state index contributed by atoms with van der Waals surface area (Å²) in [6, 6.07) is 12.5. The van der Waals surface area contributed by atoms with Crippen LogP contribution < -0.4 is 10.2 Å². The molecular weight excluding hydrogens is 380 g/mol. The van der Waals surface area contributed by atoms with Gasteiger partial charge in [0.15, 0.2) is 6.61 Å². The number of hydrogen-bond acceptors (Lipinski definition) is 4. The molecule has 0 radical (unpaired) electrons. The molecule has 0 aliphatic carbocycles. The Labute approximate surface area is 168 Å². The summed E-state index contributed by atoms with van der Waals surface area (Å²) in [7, 11) is 0. The molecule has 1 aliphatic rings. The second kappa shape index (κ2) is 8.44. The molecular formula is C21H21ClN2O4. The highest BCUT2D eigenvalue weighted by Crippen LogP contribution is 2.29. The summed E-state index contributed by atoms with van der Waals surface area (Å²) in [5, 5.41) is 3.10. The lowest BCUT2D eigenvalue weighted by Gasteiger charge is -2.19. The fourth-order valence-corrected chi connectivity index (χ4v) is 3.41. The van der Waals surface area contributed by atoms with Crippen LogP contribution in [0.2, 0.25) is 5.02 Å². The molecule has 1 N–H and O–H groups in total. The van der Waals surface area contributed by atoms with Crippen LogP contribution in [0.15, 0.2) is 42.5 Å². The Morgan fingerprint density at radius 1 is 1.21 bits per heavy atom. The molecule has 0 aromatic heterocycles. The van der Waals surface area contributed by atoms with Crippen molar-refractivity contribution in [3.63, 3.8) is 0 Å². The molecule has 0 spiro atoms. The first-order chi connectivity index (χ1) is 13.3. The highest BCUT2D eigenvalue weighted by molar-refractivity contribution is 6.30. The average molecular weight is 401 g/mol. The number of carbonyl (C=O) groups excluding carboxylic acids is 3. The van der Waals surface area contributed by atoms with Crippen molar-refractivity contribution in [2.24, 2.45) is 5.92 Å². The first-order valence-corrected chi connectivity index (χ1v) is 9.31. The fraction of sp³-hybridized carbons (Fsp3) is 0.286. The minimum Gasteiger partial charge on any atom is -0.455 e. The zero-order chi connectivity index (χ0) is 20.3. The Kier molecular flexibility index (Phi) is 5.99. The van der Waals surface area contributed by atoms with E-state index in [0.717, 1.165) is 16.8 Å². The molecule has 146 valence electrons. The molecule has 3 rings (SSSR count). The van der Waals surface area contributed by atoms with Gasteiger partial charge in [-0.1, -0.05) is 35.4 Å². The number of esters is 1. The van der Waals surface area contributed by atoms with E-state index in [4.69, 9.17) is 16.3 Å². The second-order valence-corrected chi connectivity index (χ2v) is 7.30. The minimum absolute atomic E-state index is 0.0715. The van der Waals surface area contributed by atoms with Gasteiger partial charge in [0.2, 0.25) is 5.91 Å². The van der Waals surface area contributed by atoms with Crippen molar-refractivity contribution < 1.29 is 19.1 Å². The molecule has 2 amide bonds. The van der Waals surface area contributed by atoms with E-state index < -0.39 is 24.4 Å². The summed E-state index contributed by atoms with van der Waals surface area (Å²) >= 11 is 5.87. The van der Waals surface area contributed by atoms with Crippen molar-refractivity contribution in [2.45, 2.75) is 20.3 Å². The zero-order valence-corrected chi connectivity index (χ0v) is 16.5. The van der Waals surface area contributed by atoms with E-state index >= 15 is 0 Å². The van der Waals surface area contributed by atoms with E-state index in [2.05, 4.69) is 5.32 Å². The molecule has 0 bridgehead atoms. The lowest BCUT2D eigenvalue weighted by Crippen LogP contribution is -2.28. The third-order valence-corrected chi connectivity index (χ3v) is 4.79. The van der Waals surface area contributed by atoms with Gasteiger partial charge in [-0.15, -0.1) is 0 Å². The number of hydrogen-bond donors (Lipinski definition) is 1.